The number of hydrogen-bond donors (Lipinski definition) is 1. The lowest BCUT2D eigenvalue weighted by molar-refractivity contribution is -0.152. The van der Waals surface area contributed by atoms with Crippen LogP contribution in [0.15, 0.2) is 18.2 Å². The Morgan fingerprint density at radius 2 is 2.00 bits per heavy atom. The predicted octanol–water partition coefficient (Wildman–Crippen LogP) is 3.31. The Bertz CT molecular complexity index is 523. The maximum atomic E-state index is 11.9. The first-order valence-electron chi connectivity index (χ1n) is 6.36. The highest BCUT2D eigenvalue weighted by molar-refractivity contribution is 6.34. The summed E-state index contributed by atoms with van der Waals surface area (Å²) in [4.78, 5) is 22.8. The zero-order valence-corrected chi connectivity index (χ0v) is 12.8. The fourth-order valence-electron chi connectivity index (χ4n) is 2.43. The number of rotatable bonds is 6. The van der Waals surface area contributed by atoms with E-state index in [0.717, 1.165) is 5.56 Å². The van der Waals surface area contributed by atoms with Crippen molar-refractivity contribution in [2.75, 3.05) is 7.11 Å². The molecule has 0 amide bonds. The average molecular weight is 299 g/mol. The van der Waals surface area contributed by atoms with Crippen molar-refractivity contribution in [3.8, 4) is 5.75 Å². The molecule has 0 aliphatic carbocycles. The maximum Gasteiger partial charge on any atom is 0.372 e. The summed E-state index contributed by atoms with van der Waals surface area (Å²) in [5.41, 5.74) is 0.197. The number of ether oxygens (including phenoxy) is 1. The Hall–Kier alpha value is -1.55. The minimum atomic E-state index is -1.40. The van der Waals surface area contributed by atoms with Gasteiger partial charge in [-0.05, 0) is 24.1 Å². The summed E-state index contributed by atoms with van der Waals surface area (Å²) >= 11 is 5.99. The van der Waals surface area contributed by atoms with Crippen molar-refractivity contribution >= 4 is 23.4 Å². The van der Waals surface area contributed by atoms with Gasteiger partial charge in [0.15, 0.2) is 0 Å². The van der Waals surface area contributed by atoms with Gasteiger partial charge in [-0.1, -0.05) is 38.4 Å². The molecule has 1 aromatic rings. The van der Waals surface area contributed by atoms with Crippen molar-refractivity contribution in [1.82, 2.24) is 0 Å². The van der Waals surface area contributed by atoms with Gasteiger partial charge >= 0.3 is 5.97 Å². The van der Waals surface area contributed by atoms with Crippen LogP contribution in [0.3, 0.4) is 0 Å². The van der Waals surface area contributed by atoms with Crippen LogP contribution in [-0.4, -0.2) is 24.0 Å². The Labute approximate surface area is 123 Å². The van der Waals surface area contributed by atoms with Gasteiger partial charge in [-0.3, -0.25) is 4.79 Å². The van der Waals surface area contributed by atoms with Gasteiger partial charge < -0.3 is 9.84 Å². The van der Waals surface area contributed by atoms with Gasteiger partial charge in [0.05, 0.1) is 12.1 Å². The van der Waals surface area contributed by atoms with Gasteiger partial charge in [0, 0.05) is 11.3 Å². The highest BCUT2D eigenvalue weighted by atomic mass is 35.5. The minimum absolute atomic E-state index is 0.447. The van der Waals surface area contributed by atoms with Crippen LogP contribution in [0.2, 0.25) is 5.02 Å². The van der Waals surface area contributed by atoms with Crippen LogP contribution in [-0.2, 0) is 15.0 Å². The van der Waals surface area contributed by atoms with Crippen molar-refractivity contribution in [1.29, 1.82) is 0 Å². The van der Waals surface area contributed by atoms with Crippen LogP contribution < -0.4 is 4.74 Å². The molecule has 1 rings (SSSR count). The molecule has 0 bridgehead atoms. The quantitative estimate of drug-likeness (QED) is 0.818. The zero-order valence-electron chi connectivity index (χ0n) is 12.1. The Morgan fingerprint density at radius 3 is 2.45 bits per heavy atom. The summed E-state index contributed by atoms with van der Waals surface area (Å²) in [5.74, 6) is -2.27. The number of ketones is 1. The molecule has 0 fully saturated rings. The van der Waals surface area contributed by atoms with Gasteiger partial charge in [-0.15, -0.1) is 0 Å². The molecule has 1 aromatic carbocycles. The molecule has 20 heavy (non-hydrogen) atoms. The molecule has 0 aliphatic heterocycles. The molecule has 0 saturated heterocycles. The number of hydrogen-bond acceptors (Lipinski definition) is 3. The smallest absolute Gasteiger partial charge is 0.372 e. The van der Waals surface area contributed by atoms with E-state index < -0.39 is 23.1 Å². The molecule has 0 aliphatic rings. The second-order valence-electron chi connectivity index (χ2n) is 5.20. The molecule has 0 saturated carbocycles. The van der Waals surface area contributed by atoms with E-state index in [-0.39, 0.29) is 0 Å². The van der Waals surface area contributed by atoms with Crippen molar-refractivity contribution in [2.24, 2.45) is 5.92 Å². The molecule has 0 radical (unpaired) electrons. The van der Waals surface area contributed by atoms with E-state index in [0.29, 0.717) is 17.2 Å². The molecule has 0 heterocycles. The topological polar surface area (TPSA) is 63.6 Å². The number of benzene rings is 1. The van der Waals surface area contributed by atoms with Crippen molar-refractivity contribution in [3.63, 3.8) is 0 Å². The third-order valence-corrected chi connectivity index (χ3v) is 4.01. The molecule has 110 valence electrons. The molecule has 1 N–H and O–H groups in total. The number of carboxylic acids is 1. The number of Topliss-reactive ketones (excluding diaryl/α,β-unsaturated/α-hetero) is 1. The number of aliphatic carboxylic acids is 1. The first kappa shape index (κ1) is 16.5. The summed E-state index contributed by atoms with van der Waals surface area (Å²) in [6.07, 6.45) is 0.447. The Kier molecular flexibility index (Phi) is 5.17. The summed E-state index contributed by atoms with van der Waals surface area (Å²) in [5, 5.41) is 9.42. The number of carbonyl (C=O) groups excluding carboxylic acids is 1. The van der Waals surface area contributed by atoms with Gasteiger partial charge in [0.25, 0.3) is 0 Å². The fourth-order valence-corrected chi connectivity index (χ4v) is 2.63. The highest BCUT2D eigenvalue weighted by Crippen LogP contribution is 2.38. The second kappa shape index (κ2) is 6.27. The summed E-state index contributed by atoms with van der Waals surface area (Å²) in [6, 6.07) is 5.23. The maximum absolute atomic E-state index is 11.9. The molecule has 1 atom stereocenters. The Morgan fingerprint density at radius 1 is 1.40 bits per heavy atom. The molecule has 0 aromatic heterocycles. The number of halogens is 1. The summed E-state index contributed by atoms with van der Waals surface area (Å²) in [7, 11) is 1.51. The number of carbonyl (C=O) groups is 2. The van der Waals surface area contributed by atoms with E-state index in [1.807, 2.05) is 13.8 Å². The van der Waals surface area contributed by atoms with Gasteiger partial charge in [-0.25, -0.2) is 4.79 Å². The van der Waals surface area contributed by atoms with E-state index in [4.69, 9.17) is 21.4 Å². The van der Waals surface area contributed by atoms with Gasteiger partial charge in [0.2, 0.25) is 5.78 Å². The summed E-state index contributed by atoms with van der Waals surface area (Å²) in [6.45, 7) is 5.51. The molecule has 1 unspecified atom stereocenters. The molecular formula is C15H19ClO4. The first-order chi connectivity index (χ1) is 9.25. The van der Waals surface area contributed by atoms with Crippen molar-refractivity contribution in [2.45, 2.75) is 32.6 Å². The second-order valence-corrected chi connectivity index (χ2v) is 5.61. The van der Waals surface area contributed by atoms with E-state index in [1.54, 1.807) is 25.1 Å². The zero-order chi connectivity index (χ0) is 15.5. The van der Waals surface area contributed by atoms with E-state index in [1.165, 1.54) is 7.11 Å². The molecular weight excluding hydrogens is 280 g/mol. The van der Waals surface area contributed by atoms with Crippen LogP contribution in [0, 0.1) is 5.92 Å². The predicted molar refractivity (Wildman–Crippen MR) is 77.5 cm³/mol. The molecule has 4 nitrogen and oxygen atoms in total. The van der Waals surface area contributed by atoms with E-state index in [9.17, 15) is 9.59 Å². The lowest BCUT2D eigenvalue weighted by atomic mass is 9.70. The molecule has 5 heteroatoms. The van der Waals surface area contributed by atoms with E-state index in [2.05, 4.69) is 0 Å². The normalized spacial score (nSPS) is 12.8. The van der Waals surface area contributed by atoms with Crippen molar-refractivity contribution < 1.29 is 19.4 Å². The van der Waals surface area contributed by atoms with Crippen LogP contribution >= 0.6 is 11.6 Å². The minimum Gasteiger partial charge on any atom is -0.495 e. The van der Waals surface area contributed by atoms with E-state index >= 15 is 0 Å². The van der Waals surface area contributed by atoms with Crippen LogP contribution in [0.4, 0.5) is 0 Å². The fraction of sp³-hybridized carbons (Fsp3) is 0.467. The SMILES string of the molecule is CCC(C(=O)C(=O)O)C(C)(C)c1ccc(Cl)c(OC)c1. The largest absolute Gasteiger partial charge is 0.495 e. The number of methoxy groups -OCH3 is 1. The standard InChI is InChI=1S/C15H19ClO4/c1-5-10(13(17)14(18)19)15(2,3)9-6-7-11(16)12(8-9)20-4/h6-8,10H,5H2,1-4H3,(H,18,19). The first-order valence-corrected chi connectivity index (χ1v) is 6.74. The van der Waals surface area contributed by atoms with Gasteiger partial charge in [-0.2, -0.15) is 0 Å². The summed E-state index contributed by atoms with van der Waals surface area (Å²) < 4.78 is 5.17. The van der Waals surface area contributed by atoms with Crippen molar-refractivity contribution in [3.05, 3.63) is 28.8 Å². The van der Waals surface area contributed by atoms with Crippen LogP contribution in [0.1, 0.15) is 32.8 Å². The third-order valence-electron chi connectivity index (χ3n) is 3.70. The average Bonchev–Trinajstić information content (AvgIpc) is 2.39. The lowest BCUT2D eigenvalue weighted by Crippen LogP contribution is -2.38. The van der Waals surface area contributed by atoms with Crippen LogP contribution in [0.5, 0.6) is 5.75 Å². The lowest BCUT2D eigenvalue weighted by Gasteiger charge is -2.32. The van der Waals surface area contributed by atoms with Crippen LogP contribution in [0.25, 0.3) is 0 Å². The monoisotopic (exact) mass is 298 g/mol. The third kappa shape index (κ3) is 3.12. The molecule has 0 spiro atoms. The Balaban J connectivity index is 3.26. The number of carboxylic acid groups (broad SMARTS) is 1. The van der Waals surface area contributed by atoms with Gasteiger partial charge in [0.1, 0.15) is 5.75 Å². The highest BCUT2D eigenvalue weighted by Gasteiger charge is 2.38.